The molecule has 158 valence electrons. The highest BCUT2D eigenvalue weighted by Gasteiger charge is 2.12. The molecule has 0 bridgehead atoms. The van der Waals surface area contributed by atoms with Gasteiger partial charge < -0.3 is 19.6 Å². The zero-order valence-electron chi connectivity index (χ0n) is 17.1. The van der Waals surface area contributed by atoms with Crippen LogP contribution in [0.3, 0.4) is 0 Å². The Labute approximate surface area is 184 Å². The fourth-order valence-electron chi connectivity index (χ4n) is 2.70. The number of nitrogens with one attached hydrogen (secondary N) is 2. The van der Waals surface area contributed by atoms with Gasteiger partial charge in [-0.25, -0.2) is 0 Å². The number of amides is 1. The van der Waals surface area contributed by atoms with Crippen molar-refractivity contribution in [3.8, 4) is 11.3 Å². The molecule has 2 N–H and O–H groups in total. The summed E-state index contributed by atoms with van der Waals surface area (Å²) >= 11 is 7.09. The second-order valence-corrected chi connectivity index (χ2v) is 8.83. The average molecular weight is 446 g/mol. The number of carbonyl (C=O) groups excluding carboxylic acids is 1. The first-order valence-corrected chi connectivity index (χ1v) is 10.6. The van der Waals surface area contributed by atoms with Gasteiger partial charge in [0, 0.05) is 37.3 Å². The minimum Gasteiger partial charge on any atom is -0.359 e. The lowest BCUT2D eigenvalue weighted by molar-refractivity contribution is 0.0951. The van der Waals surface area contributed by atoms with Crippen LogP contribution in [-0.4, -0.2) is 60.9 Å². The lowest BCUT2D eigenvalue weighted by atomic mass is 10.1. The molecule has 7 nitrogen and oxygen atoms in total. The van der Waals surface area contributed by atoms with Crippen LogP contribution in [-0.2, 0) is 6.54 Å². The maximum Gasteiger partial charge on any atom is 0.261 e. The predicted molar refractivity (Wildman–Crippen MR) is 120 cm³/mol. The number of halogens is 1. The van der Waals surface area contributed by atoms with E-state index >= 15 is 0 Å². The number of hydrogen-bond donors (Lipinski definition) is 2. The van der Waals surface area contributed by atoms with Crippen LogP contribution < -0.4 is 5.32 Å². The summed E-state index contributed by atoms with van der Waals surface area (Å²) in [5, 5.41) is 15.2. The third kappa shape index (κ3) is 5.69. The Morgan fingerprint density at radius 1 is 1.17 bits per heavy atom. The van der Waals surface area contributed by atoms with Gasteiger partial charge in [0.25, 0.3) is 5.91 Å². The zero-order valence-corrected chi connectivity index (χ0v) is 18.7. The van der Waals surface area contributed by atoms with Gasteiger partial charge in [0.15, 0.2) is 5.76 Å². The molecule has 0 atom stereocenters. The summed E-state index contributed by atoms with van der Waals surface area (Å²) in [5.74, 6) is 0.827. The van der Waals surface area contributed by atoms with Crippen molar-refractivity contribution in [1.82, 2.24) is 20.3 Å². The molecule has 0 unspecified atom stereocenters. The molecule has 0 aliphatic carbocycles. The minimum absolute atomic E-state index is 0.203. The lowest BCUT2D eigenvalue weighted by Gasteiger charge is -2.22. The van der Waals surface area contributed by atoms with Crippen LogP contribution in [0.25, 0.3) is 11.3 Å². The molecule has 3 aromatic rings. The monoisotopic (exact) mass is 445 g/mol. The van der Waals surface area contributed by atoms with E-state index in [2.05, 4.69) is 15.4 Å². The minimum atomic E-state index is -0.203. The molecule has 0 aliphatic heterocycles. The van der Waals surface area contributed by atoms with E-state index in [1.807, 2.05) is 50.3 Å². The van der Waals surface area contributed by atoms with Gasteiger partial charge in [0.1, 0.15) is 11.5 Å². The molecule has 0 saturated carbocycles. The summed E-state index contributed by atoms with van der Waals surface area (Å²) < 4.78 is 5.91. The Kier molecular flexibility index (Phi) is 7.25. The summed E-state index contributed by atoms with van der Waals surface area (Å²) in [5.41, 5.74) is 2.40. The molecule has 0 fully saturated rings. The summed E-state index contributed by atoms with van der Waals surface area (Å²) in [6, 6.07) is 12.8. The van der Waals surface area contributed by atoms with Gasteiger partial charge >= 0.3 is 0 Å². The number of nitrogens with zero attached hydrogens (tertiary/aromatic N) is 3. The molecule has 0 spiro atoms. The summed E-state index contributed by atoms with van der Waals surface area (Å²) in [6.07, 6.45) is 0. The highest BCUT2D eigenvalue weighted by atomic mass is 35.5. The summed E-state index contributed by atoms with van der Waals surface area (Å²) in [6.45, 7) is 1.90. The van der Waals surface area contributed by atoms with E-state index in [9.17, 15) is 4.79 Å². The van der Waals surface area contributed by atoms with E-state index in [0.29, 0.717) is 26.5 Å². The van der Waals surface area contributed by atoms with E-state index in [-0.39, 0.29) is 12.5 Å². The number of thiophene rings is 1. The van der Waals surface area contributed by atoms with Crippen LogP contribution in [0.1, 0.15) is 21.0 Å². The van der Waals surface area contributed by atoms with Gasteiger partial charge in [-0.3, -0.25) is 10.2 Å². The third-order valence-corrected chi connectivity index (χ3v) is 5.73. The van der Waals surface area contributed by atoms with Gasteiger partial charge in [-0.15, -0.1) is 11.3 Å². The fourth-order valence-corrected chi connectivity index (χ4v) is 3.66. The van der Waals surface area contributed by atoms with E-state index < -0.39 is 0 Å². The number of amidine groups is 1. The summed E-state index contributed by atoms with van der Waals surface area (Å²) in [4.78, 5) is 16.7. The predicted octanol–water partition coefficient (Wildman–Crippen LogP) is 3.81. The molecular weight excluding hydrogens is 422 g/mol. The Balaban J connectivity index is 1.58. The second kappa shape index (κ2) is 9.88. The Morgan fingerprint density at radius 3 is 2.53 bits per heavy atom. The standard InChI is InChI=1S/C21H24ClN5O2S/c1-26(2)10-11-27(3)20(23)15-6-4-14(5-7-15)17-12-16(29-25-17)13-24-21(28)18-8-9-19(22)30-18/h4-9,12,23H,10-11,13H2,1-3H3,(H,24,28). The van der Waals surface area contributed by atoms with Crippen LogP contribution in [0.2, 0.25) is 4.34 Å². The molecule has 2 aromatic heterocycles. The normalized spacial score (nSPS) is 11.0. The third-order valence-electron chi connectivity index (χ3n) is 4.50. The molecule has 3 rings (SSSR count). The van der Waals surface area contributed by atoms with Crippen LogP contribution >= 0.6 is 22.9 Å². The first-order chi connectivity index (χ1) is 14.3. The molecule has 30 heavy (non-hydrogen) atoms. The number of carbonyl (C=O) groups is 1. The van der Waals surface area contributed by atoms with Crippen LogP contribution in [0.5, 0.6) is 0 Å². The van der Waals surface area contributed by atoms with E-state index in [4.69, 9.17) is 21.5 Å². The van der Waals surface area contributed by atoms with Crippen molar-refractivity contribution in [2.24, 2.45) is 0 Å². The Morgan fingerprint density at radius 2 is 1.90 bits per heavy atom. The molecule has 2 heterocycles. The highest BCUT2D eigenvalue weighted by Crippen LogP contribution is 2.22. The largest absolute Gasteiger partial charge is 0.359 e. The van der Waals surface area contributed by atoms with Crippen LogP contribution in [0, 0.1) is 5.41 Å². The van der Waals surface area contributed by atoms with Crippen molar-refractivity contribution in [2.45, 2.75) is 6.54 Å². The first kappa shape index (κ1) is 22.0. The van der Waals surface area contributed by atoms with Crippen molar-refractivity contribution in [3.63, 3.8) is 0 Å². The first-order valence-electron chi connectivity index (χ1n) is 9.38. The SMILES string of the molecule is CN(C)CCN(C)C(=N)c1ccc(-c2cc(CNC(=O)c3ccc(Cl)s3)on2)cc1. The average Bonchev–Trinajstić information content (AvgIpc) is 3.39. The van der Waals surface area contributed by atoms with Gasteiger partial charge in [0.2, 0.25) is 0 Å². The number of likely N-dealkylation sites (N-methyl/N-ethyl adjacent to an activating group) is 2. The maximum absolute atomic E-state index is 12.1. The van der Waals surface area contributed by atoms with Crippen molar-refractivity contribution < 1.29 is 9.32 Å². The number of hydrogen-bond acceptors (Lipinski definition) is 6. The van der Waals surface area contributed by atoms with Crippen LogP contribution in [0.4, 0.5) is 0 Å². The molecule has 0 saturated heterocycles. The van der Waals surface area contributed by atoms with Crippen molar-refractivity contribution in [2.75, 3.05) is 34.2 Å². The van der Waals surface area contributed by atoms with E-state index in [1.54, 1.807) is 18.2 Å². The lowest BCUT2D eigenvalue weighted by Crippen LogP contribution is -2.33. The van der Waals surface area contributed by atoms with Gasteiger partial charge in [0.05, 0.1) is 15.8 Å². The van der Waals surface area contributed by atoms with Gasteiger partial charge in [-0.2, -0.15) is 0 Å². The van der Waals surface area contributed by atoms with E-state index in [0.717, 1.165) is 24.2 Å². The summed E-state index contributed by atoms with van der Waals surface area (Å²) in [7, 11) is 5.95. The zero-order chi connectivity index (χ0) is 21.7. The van der Waals surface area contributed by atoms with Crippen LogP contribution in [0.15, 0.2) is 47.0 Å². The number of benzene rings is 1. The van der Waals surface area contributed by atoms with Crippen molar-refractivity contribution in [1.29, 1.82) is 5.41 Å². The van der Waals surface area contributed by atoms with Gasteiger partial charge in [-0.05, 0) is 26.2 Å². The second-order valence-electron chi connectivity index (χ2n) is 7.12. The Bertz CT molecular complexity index is 1010. The molecule has 0 radical (unpaired) electrons. The molecule has 1 aromatic carbocycles. The molecule has 0 aliphatic rings. The molecule has 1 amide bonds. The number of rotatable bonds is 8. The fraction of sp³-hybridized carbons (Fsp3) is 0.286. The van der Waals surface area contributed by atoms with Crippen molar-refractivity contribution in [3.05, 3.63) is 63.0 Å². The van der Waals surface area contributed by atoms with Crippen molar-refractivity contribution >= 4 is 34.7 Å². The Hall–Kier alpha value is -2.68. The molecule has 9 heteroatoms. The molecular formula is C21H24ClN5O2S. The topological polar surface area (TPSA) is 85.5 Å². The maximum atomic E-state index is 12.1. The smallest absolute Gasteiger partial charge is 0.261 e. The van der Waals surface area contributed by atoms with E-state index in [1.165, 1.54) is 11.3 Å². The quantitative estimate of drug-likeness (QED) is 0.407. The number of aromatic nitrogens is 1. The van der Waals surface area contributed by atoms with Gasteiger partial charge in [-0.1, -0.05) is 41.0 Å². The highest BCUT2D eigenvalue weighted by molar-refractivity contribution is 7.17.